The molecule has 5 rings (SSSR count). The third-order valence-electron chi connectivity index (χ3n) is 7.02. The van der Waals surface area contributed by atoms with E-state index in [9.17, 15) is 27.6 Å². The first-order valence-corrected chi connectivity index (χ1v) is 12.3. The molecule has 2 atom stereocenters. The normalized spacial score (nSPS) is 25.8. The zero-order chi connectivity index (χ0) is 24.1. The summed E-state index contributed by atoms with van der Waals surface area (Å²) >= 11 is 1.45. The average Bonchev–Trinajstić information content (AvgIpc) is 3.41. The average molecular weight is 492 g/mol. The van der Waals surface area contributed by atoms with E-state index in [4.69, 9.17) is 0 Å². The van der Waals surface area contributed by atoms with Gasteiger partial charge in [0.1, 0.15) is 5.01 Å². The van der Waals surface area contributed by atoms with Crippen LogP contribution in [0.5, 0.6) is 0 Å². The van der Waals surface area contributed by atoms with Gasteiger partial charge in [0.05, 0.1) is 17.0 Å². The molecular weight excluding hydrogens is 467 g/mol. The second-order valence-corrected chi connectivity index (χ2v) is 10.2. The first-order chi connectivity index (χ1) is 16.2. The summed E-state index contributed by atoms with van der Waals surface area (Å²) in [6.07, 6.45) is 0.252. The Morgan fingerprint density at radius 1 is 1.18 bits per heavy atom. The Labute approximate surface area is 198 Å². The molecule has 0 bridgehead atoms. The Morgan fingerprint density at radius 3 is 2.65 bits per heavy atom. The molecule has 0 N–H and O–H groups in total. The van der Waals surface area contributed by atoms with E-state index in [0.29, 0.717) is 19.4 Å². The molecule has 0 spiro atoms. The molecule has 3 heterocycles. The first-order valence-electron chi connectivity index (χ1n) is 11.4. The molecule has 0 radical (unpaired) electrons. The largest absolute Gasteiger partial charge is 0.416 e. The fourth-order valence-electron chi connectivity index (χ4n) is 5.17. The van der Waals surface area contributed by atoms with Gasteiger partial charge in [0.25, 0.3) is 0 Å². The molecule has 0 unspecified atom stereocenters. The summed E-state index contributed by atoms with van der Waals surface area (Å²) in [6.45, 7) is 0.482. The van der Waals surface area contributed by atoms with Crippen LogP contribution in [0.4, 0.5) is 13.2 Å². The lowest BCUT2D eigenvalue weighted by Crippen LogP contribution is -2.46. The van der Waals surface area contributed by atoms with Crippen molar-refractivity contribution in [1.82, 2.24) is 14.8 Å². The molecule has 6 nitrogen and oxygen atoms in total. The summed E-state index contributed by atoms with van der Waals surface area (Å²) in [5.74, 6) is -1.32. The van der Waals surface area contributed by atoms with Crippen LogP contribution in [0.15, 0.2) is 35.8 Å². The number of aromatic nitrogens is 1. The van der Waals surface area contributed by atoms with Crippen molar-refractivity contribution < 1.29 is 27.6 Å². The van der Waals surface area contributed by atoms with Crippen molar-refractivity contribution in [2.24, 2.45) is 0 Å². The Bertz CT molecular complexity index is 1120. The van der Waals surface area contributed by atoms with Crippen molar-refractivity contribution in [3.8, 4) is 0 Å². The number of hydrogen-bond acceptors (Lipinski definition) is 5. The van der Waals surface area contributed by atoms with Crippen molar-refractivity contribution in [2.75, 3.05) is 6.54 Å². The lowest BCUT2D eigenvalue weighted by molar-refractivity contribution is -0.144. The Hall–Kier alpha value is -2.75. The van der Waals surface area contributed by atoms with Gasteiger partial charge in [-0.05, 0) is 43.7 Å². The highest BCUT2D eigenvalue weighted by Crippen LogP contribution is 2.46. The molecule has 3 amide bonds. The van der Waals surface area contributed by atoms with Crippen LogP contribution in [0.1, 0.15) is 67.1 Å². The minimum Gasteiger partial charge on any atom is -0.333 e. The van der Waals surface area contributed by atoms with Gasteiger partial charge in [-0.1, -0.05) is 18.2 Å². The summed E-state index contributed by atoms with van der Waals surface area (Å²) in [5, 5.41) is 2.64. The summed E-state index contributed by atoms with van der Waals surface area (Å²) in [6, 6.07) is 4.07. The maximum atomic E-state index is 13.7. The Kier molecular flexibility index (Phi) is 5.74. The number of imide groups is 1. The van der Waals surface area contributed by atoms with Crippen LogP contribution in [0.25, 0.3) is 0 Å². The van der Waals surface area contributed by atoms with Crippen LogP contribution in [-0.2, 0) is 26.0 Å². The van der Waals surface area contributed by atoms with Gasteiger partial charge in [0, 0.05) is 37.0 Å². The number of rotatable bonds is 5. The quantitative estimate of drug-likeness (QED) is 0.579. The van der Waals surface area contributed by atoms with Gasteiger partial charge >= 0.3 is 6.18 Å². The molecule has 34 heavy (non-hydrogen) atoms. The summed E-state index contributed by atoms with van der Waals surface area (Å²) < 4.78 is 40.5. The highest BCUT2D eigenvalue weighted by atomic mass is 32.1. The SMILES string of the molecule is O=C1C[C@@](CC(=O)N2CCCC[C@@H]2c2nccs2)(c2cccc(C(F)(F)F)c2)C(=O)N1C1CC1. The van der Waals surface area contributed by atoms with Crippen LogP contribution >= 0.6 is 11.3 Å². The maximum Gasteiger partial charge on any atom is 0.416 e. The van der Waals surface area contributed by atoms with Crippen molar-refractivity contribution in [3.63, 3.8) is 0 Å². The summed E-state index contributed by atoms with van der Waals surface area (Å²) in [5.41, 5.74) is -2.47. The molecule has 3 fully saturated rings. The van der Waals surface area contributed by atoms with E-state index in [1.54, 1.807) is 11.1 Å². The van der Waals surface area contributed by atoms with Crippen LogP contribution in [0.3, 0.4) is 0 Å². The molecule has 1 aromatic heterocycles. The van der Waals surface area contributed by atoms with Gasteiger partial charge in [-0.15, -0.1) is 11.3 Å². The van der Waals surface area contributed by atoms with Gasteiger partial charge in [0.15, 0.2) is 0 Å². The van der Waals surface area contributed by atoms with Crippen LogP contribution in [0.2, 0.25) is 0 Å². The smallest absolute Gasteiger partial charge is 0.333 e. The molecule has 1 saturated carbocycles. The molecule has 1 aromatic carbocycles. The highest BCUT2D eigenvalue weighted by molar-refractivity contribution is 7.09. The van der Waals surface area contributed by atoms with Gasteiger partial charge in [-0.2, -0.15) is 13.2 Å². The minimum atomic E-state index is -4.61. The van der Waals surface area contributed by atoms with E-state index in [2.05, 4.69) is 4.98 Å². The molecule has 180 valence electrons. The summed E-state index contributed by atoms with van der Waals surface area (Å²) in [4.78, 5) is 47.4. The molecular formula is C24H24F3N3O3S. The van der Waals surface area contributed by atoms with Gasteiger partial charge in [-0.3, -0.25) is 19.3 Å². The molecule has 3 aliphatic rings. The number of carbonyl (C=O) groups excluding carboxylic acids is 3. The number of thiazole rings is 1. The van der Waals surface area contributed by atoms with E-state index >= 15 is 0 Å². The van der Waals surface area contributed by atoms with Crippen LogP contribution in [0, 0.1) is 0 Å². The predicted octanol–water partition coefficient (Wildman–Crippen LogP) is 4.46. The third-order valence-corrected chi connectivity index (χ3v) is 7.89. The standard InChI is InChI=1S/C24H24F3N3O3S/c25-24(26,27)16-5-3-4-15(12-16)23(14-20(32)30(22(23)33)17-7-8-17)13-19(31)29-10-2-1-6-18(29)21-28-9-11-34-21/h3-5,9,11-12,17-18H,1-2,6-8,10,13-14H2/t18-,23+/m1/s1. The molecule has 2 saturated heterocycles. The van der Waals surface area contributed by atoms with E-state index in [1.165, 1.54) is 28.4 Å². The minimum absolute atomic E-state index is 0.0694. The Balaban J connectivity index is 1.53. The van der Waals surface area contributed by atoms with E-state index in [1.807, 2.05) is 5.38 Å². The molecule has 10 heteroatoms. The second kappa shape index (κ2) is 8.48. The zero-order valence-corrected chi connectivity index (χ0v) is 19.2. The monoisotopic (exact) mass is 491 g/mol. The van der Waals surface area contributed by atoms with E-state index in [0.717, 1.165) is 36.4 Å². The van der Waals surface area contributed by atoms with E-state index in [-0.39, 0.29) is 36.4 Å². The summed E-state index contributed by atoms with van der Waals surface area (Å²) in [7, 11) is 0. The molecule has 2 aliphatic heterocycles. The molecule has 1 aliphatic carbocycles. The number of likely N-dealkylation sites (tertiary alicyclic amines) is 2. The fraction of sp³-hybridized carbons (Fsp3) is 0.500. The number of amides is 3. The second-order valence-electron chi connectivity index (χ2n) is 9.28. The van der Waals surface area contributed by atoms with Gasteiger partial charge in [-0.25, -0.2) is 4.98 Å². The fourth-order valence-corrected chi connectivity index (χ4v) is 5.95. The lowest BCUT2D eigenvalue weighted by atomic mass is 9.75. The predicted molar refractivity (Wildman–Crippen MR) is 118 cm³/mol. The van der Waals surface area contributed by atoms with Crippen LogP contribution in [-0.4, -0.2) is 45.1 Å². The number of halogens is 3. The number of nitrogens with zero attached hydrogens (tertiary/aromatic N) is 3. The number of alkyl halides is 3. The van der Waals surface area contributed by atoms with Crippen molar-refractivity contribution in [2.45, 2.75) is 68.6 Å². The molecule has 2 aromatic rings. The highest BCUT2D eigenvalue weighted by Gasteiger charge is 2.57. The van der Waals surface area contributed by atoms with Gasteiger partial charge < -0.3 is 4.90 Å². The van der Waals surface area contributed by atoms with Crippen molar-refractivity contribution in [1.29, 1.82) is 0 Å². The van der Waals surface area contributed by atoms with Crippen molar-refractivity contribution >= 4 is 29.1 Å². The Morgan fingerprint density at radius 2 is 1.97 bits per heavy atom. The number of benzene rings is 1. The third kappa shape index (κ3) is 4.01. The maximum absolute atomic E-state index is 13.7. The number of carbonyl (C=O) groups is 3. The topological polar surface area (TPSA) is 70.6 Å². The number of hydrogen-bond donors (Lipinski definition) is 0. The first kappa shape index (κ1) is 23.0. The van der Waals surface area contributed by atoms with Crippen molar-refractivity contribution in [3.05, 3.63) is 52.0 Å². The van der Waals surface area contributed by atoms with E-state index < -0.39 is 29.0 Å². The zero-order valence-electron chi connectivity index (χ0n) is 18.4. The number of piperidine rings is 1. The lowest BCUT2D eigenvalue weighted by Gasteiger charge is -2.37. The van der Waals surface area contributed by atoms with Gasteiger partial charge in [0.2, 0.25) is 17.7 Å². The van der Waals surface area contributed by atoms with Crippen LogP contribution < -0.4 is 0 Å².